The van der Waals surface area contributed by atoms with E-state index in [2.05, 4.69) is 32.7 Å². The zero-order chi connectivity index (χ0) is 21.0. The molecule has 3 rings (SSSR count). The summed E-state index contributed by atoms with van der Waals surface area (Å²) in [6.45, 7) is 4.57. The van der Waals surface area contributed by atoms with Gasteiger partial charge in [-0.1, -0.05) is 26.0 Å². The molecule has 0 saturated heterocycles. The van der Waals surface area contributed by atoms with Crippen LogP contribution in [0.5, 0.6) is 0 Å². The van der Waals surface area contributed by atoms with Gasteiger partial charge in [-0.15, -0.1) is 0 Å². The van der Waals surface area contributed by atoms with Crippen molar-refractivity contribution in [2.75, 3.05) is 17.2 Å². The smallest absolute Gasteiger partial charge is 0.224 e. The Hall–Kier alpha value is -3.65. The number of primary amides is 1. The van der Waals surface area contributed by atoms with Crippen LogP contribution in [-0.4, -0.2) is 28.5 Å². The lowest BCUT2D eigenvalue weighted by molar-refractivity contribution is -0.131. The van der Waals surface area contributed by atoms with Crippen molar-refractivity contribution in [1.82, 2.24) is 9.97 Å². The number of rotatable bonds is 7. The highest BCUT2D eigenvalue weighted by molar-refractivity contribution is 5.79. The molecular weight excluding hydrogens is 366 g/mol. The summed E-state index contributed by atoms with van der Waals surface area (Å²) >= 11 is 0. The summed E-state index contributed by atoms with van der Waals surface area (Å²) in [4.78, 5) is 20.2. The summed E-state index contributed by atoms with van der Waals surface area (Å²) in [7, 11) is 0. The first-order chi connectivity index (χ1) is 13.8. The van der Waals surface area contributed by atoms with E-state index in [1.165, 1.54) is 6.20 Å². The van der Waals surface area contributed by atoms with Crippen LogP contribution in [-0.2, 0) is 11.2 Å². The number of carbonyl (C=O) groups excluding carboxylic acids is 1. The minimum Gasteiger partial charge on any atom is -0.369 e. The van der Waals surface area contributed by atoms with Gasteiger partial charge in [-0.25, -0.2) is 4.98 Å². The molecule has 4 N–H and O–H groups in total. The molecule has 1 amide bonds. The van der Waals surface area contributed by atoms with Crippen molar-refractivity contribution in [3.63, 3.8) is 0 Å². The van der Waals surface area contributed by atoms with Crippen LogP contribution in [0, 0.1) is 34.0 Å². The van der Waals surface area contributed by atoms with Crippen LogP contribution in [0.4, 0.5) is 11.8 Å². The zero-order valence-corrected chi connectivity index (χ0v) is 16.4. The van der Waals surface area contributed by atoms with Gasteiger partial charge in [0, 0.05) is 18.5 Å². The van der Waals surface area contributed by atoms with Crippen LogP contribution in [0.3, 0.4) is 0 Å². The molecule has 1 aliphatic rings. The number of hydrogen-bond donors (Lipinski definition) is 3. The molecule has 1 aliphatic carbocycles. The van der Waals surface area contributed by atoms with Crippen molar-refractivity contribution in [3.8, 4) is 12.1 Å². The van der Waals surface area contributed by atoms with Crippen molar-refractivity contribution in [2.45, 2.75) is 32.7 Å². The second-order valence-electron chi connectivity index (χ2n) is 7.76. The molecule has 0 unspecified atom stereocenters. The molecule has 29 heavy (non-hydrogen) atoms. The lowest BCUT2D eigenvalue weighted by atomic mass is 9.58. The van der Waals surface area contributed by atoms with Gasteiger partial charge in [0.1, 0.15) is 17.5 Å². The third kappa shape index (κ3) is 4.27. The molecule has 8 nitrogen and oxygen atoms in total. The summed E-state index contributed by atoms with van der Waals surface area (Å²) in [6, 6.07) is 11.6. The Kier molecular flexibility index (Phi) is 5.65. The largest absolute Gasteiger partial charge is 0.369 e. The number of nitrogens with two attached hydrogens (primary N) is 1. The van der Waals surface area contributed by atoms with Gasteiger partial charge in [-0.05, 0) is 36.0 Å². The quantitative estimate of drug-likeness (QED) is 0.659. The molecule has 2 aromatic rings. The van der Waals surface area contributed by atoms with E-state index in [0.717, 1.165) is 12.0 Å². The van der Waals surface area contributed by atoms with Crippen LogP contribution >= 0.6 is 0 Å². The third-order valence-electron chi connectivity index (χ3n) is 5.61. The molecule has 1 saturated carbocycles. The van der Waals surface area contributed by atoms with Crippen molar-refractivity contribution < 1.29 is 4.79 Å². The molecule has 1 heterocycles. The van der Waals surface area contributed by atoms with E-state index in [1.54, 1.807) is 12.1 Å². The van der Waals surface area contributed by atoms with E-state index in [4.69, 9.17) is 11.0 Å². The fourth-order valence-corrected chi connectivity index (χ4v) is 3.54. The second kappa shape index (κ2) is 8.15. The molecular formula is C21H23N7O. The highest BCUT2D eigenvalue weighted by atomic mass is 16.1. The Balaban J connectivity index is 1.64. The minimum atomic E-state index is -0.313. The lowest BCUT2D eigenvalue weighted by Crippen LogP contribution is -2.58. The molecule has 2 atom stereocenters. The highest BCUT2D eigenvalue weighted by Gasteiger charge is 2.51. The van der Waals surface area contributed by atoms with Crippen molar-refractivity contribution in [2.24, 2.45) is 17.1 Å². The van der Waals surface area contributed by atoms with Gasteiger partial charge in [-0.3, -0.25) is 4.79 Å². The summed E-state index contributed by atoms with van der Waals surface area (Å²) in [5.41, 5.74) is 7.22. The molecule has 0 radical (unpaired) electrons. The number of amides is 1. The predicted molar refractivity (Wildman–Crippen MR) is 109 cm³/mol. The summed E-state index contributed by atoms with van der Waals surface area (Å²) in [6.07, 6.45) is 2.84. The summed E-state index contributed by atoms with van der Waals surface area (Å²) in [5, 5.41) is 24.7. The van der Waals surface area contributed by atoms with Crippen molar-refractivity contribution in [3.05, 3.63) is 47.2 Å². The highest BCUT2D eigenvalue weighted by Crippen LogP contribution is 2.47. The monoisotopic (exact) mass is 389 g/mol. The van der Waals surface area contributed by atoms with Crippen LogP contribution in [0.2, 0.25) is 0 Å². The van der Waals surface area contributed by atoms with Gasteiger partial charge in [0.25, 0.3) is 0 Å². The Morgan fingerprint density at radius 3 is 2.59 bits per heavy atom. The van der Waals surface area contributed by atoms with Crippen molar-refractivity contribution >= 4 is 17.7 Å². The number of nitriles is 2. The fourth-order valence-electron chi connectivity index (χ4n) is 3.54. The van der Waals surface area contributed by atoms with E-state index < -0.39 is 0 Å². The number of nitrogens with zero attached hydrogens (tertiary/aromatic N) is 4. The van der Waals surface area contributed by atoms with Crippen LogP contribution in [0.25, 0.3) is 0 Å². The minimum absolute atomic E-state index is 0.00602. The van der Waals surface area contributed by atoms with Gasteiger partial charge in [0.2, 0.25) is 11.9 Å². The summed E-state index contributed by atoms with van der Waals surface area (Å²) < 4.78 is 0. The maximum absolute atomic E-state index is 11.5. The molecule has 1 aromatic heterocycles. The van der Waals surface area contributed by atoms with Crippen LogP contribution in [0.15, 0.2) is 30.5 Å². The predicted octanol–water partition coefficient (Wildman–Crippen LogP) is 2.19. The van der Waals surface area contributed by atoms with Gasteiger partial charge in [-0.2, -0.15) is 15.5 Å². The Morgan fingerprint density at radius 2 is 2.00 bits per heavy atom. The van der Waals surface area contributed by atoms with Gasteiger partial charge in [0.15, 0.2) is 0 Å². The average molecular weight is 389 g/mol. The zero-order valence-electron chi connectivity index (χ0n) is 16.4. The van der Waals surface area contributed by atoms with Gasteiger partial charge in [0.05, 0.1) is 17.8 Å². The Morgan fingerprint density at radius 1 is 1.28 bits per heavy atom. The average Bonchev–Trinajstić information content (AvgIpc) is 2.71. The molecule has 1 aromatic carbocycles. The molecule has 0 spiro atoms. The topological polar surface area (TPSA) is 141 Å². The first kappa shape index (κ1) is 20.1. The first-order valence-corrected chi connectivity index (χ1v) is 9.41. The van der Waals surface area contributed by atoms with Gasteiger partial charge < -0.3 is 16.4 Å². The standard InChI is InChI=1S/C21H23N7O/c1-21(2)16(18(24)29)9-17(21)27-19-15(11-23)12-26-20(28-19)25-8-7-13-3-5-14(10-22)6-4-13/h3-6,12,16-17H,7-9H2,1-2H3,(H2,24,29)(H2,25,26,27,28)/t16-,17-/m1/s1. The summed E-state index contributed by atoms with van der Waals surface area (Å²) in [5.74, 6) is 0.367. The Labute approximate surface area is 169 Å². The van der Waals surface area contributed by atoms with E-state index in [9.17, 15) is 10.1 Å². The molecule has 148 valence electrons. The van der Waals surface area contributed by atoms with Crippen LogP contribution in [0.1, 0.15) is 37.0 Å². The van der Waals surface area contributed by atoms with E-state index in [-0.39, 0.29) is 23.3 Å². The number of nitrogens with one attached hydrogen (secondary N) is 2. The first-order valence-electron chi connectivity index (χ1n) is 9.41. The normalized spacial score (nSPS) is 19.3. The lowest BCUT2D eigenvalue weighted by Gasteiger charge is -2.50. The molecule has 0 bridgehead atoms. The van der Waals surface area contributed by atoms with Crippen molar-refractivity contribution in [1.29, 1.82) is 10.5 Å². The number of aromatic nitrogens is 2. The maximum Gasteiger partial charge on any atom is 0.224 e. The molecule has 1 fully saturated rings. The number of hydrogen-bond acceptors (Lipinski definition) is 7. The SMILES string of the molecule is CC1(C)[C@@H](C(N)=O)C[C@H]1Nc1nc(NCCc2ccc(C#N)cc2)ncc1C#N. The fraction of sp³-hybridized carbons (Fsp3) is 0.381. The Bertz CT molecular complexity index is 986. The van der Waals surface area contributed by atoms with Crippen LogP contribution < -0.4 is 16.4 Å². The van der Waals surface area contributed by atoms with E-state index in [1.807, 2.05) is 26.0 Å². The van der Waals surface area contributed by atoms with Gasteiger partial charge >= 0.3 is 0 Å². The second-order valence-corrected chi connectivity index (χ2v) is 7.76. The number of anilines is 2. The third-order valence-corrected chi connectivity index (χ3v) is 5.61. The van der Waals surface area contributed by atoms with E-state index >= 15 is 0 Å². The van der Waals surface area contributed by atoms with E-state index in [0.29, 0.717) is 35.9 Å². The molecule has 0 aliphatic heterocycles. The maximum atomic E-state index is 11.5. The molecule has 8 heteroatoms. The number of carbonyl (C=O) groups is 1. The number of benzene rings is 1.